The zero-order valence-corrected chi connectivity index (χ0v) is 44.3. The predicted octanol–water partition coefficient (Wildman–Crippen LogP) is -3.17. The zero-order valence-electron chi connectivity index (χ0n) is 42.7. The lowest BCUT2D eigenvalue weighted by atomic mass is 9.85. The van der Waals surface area contributed by atoms with E-state index in [-0.39, 0.29) is 56.1 Å². The first-order valence-corrected chi connectivity index (χ1v) is 27.2. The number of aromatic hydroxyl groups is 1. The summed E-state index contributed by atoms with van der Waals surface area (Å²) < 4.78 is -0.764. The summed E-state index contributed by atoms with van der Waals surface area (Å²) in [7, 11) is 3.68. The lowest BCUT2D eigenvalue weighted by Crippen LogP contribution is -2.60. The van der Waals surface area contributed by atoms with Crippen molar-refractivity contribution in [2.75, 3.05) is 32.4 Å². The van der Waals surface area contributed by atoms with Gasteiger partial charge in [-0.25, -0.2) is 0 Å². The third kappa shape index (κ3) is 21.9. The average Bonchev–Trinajstić information content (AvgIpc) is 3.36. The van der Waals surface area contributed by atoms with Gasteiger partial charge in [-0.2, -0.15) is 0 Å². The highest BCUT2D eigenvalue weighted by atomic mass is 33.1. The van der Waals surface area contributed by atoms with Crippen LogP contribution in [0.5, 0.6) is 5.75 Å². The van der Waals surface area contributed by atoms with Crippen LogP contribution in [-0.2, 0) is 65.6 Å². The molecule has 0 aromatic heterocycles. The normalized spacial score (nSPS) is 21.0. The van der Waals surface area contributed by atoms with Crippen molar-refractivity contribution in [3.63, 3.8) is 0 Å². The summed E-state index contributed by atoms with van der Waals surface area (Å²) in [5.41, 5.74) is 28.2. The molecule has 18 N–H and O–H groups in total. The Hall–Kier alpha value is -7.62. The van der Waals surface area contributed by atoms with Crippen LogP contribution in [0.3, 0.4) is 0 Å². The van der Waals surface area contributed by atoms with E-state index in [2.05, 4.69) is 42.2 Å². The van der Waals surface area contributed by atoms with Crippen LogP contribution in [0, 0.1) is 0 Å². The van der Waals surface area contributed by atoms with Crippen molar-refractivity contribution in [2.24, 2.45) is 33.7 Å². The fourth-order valence-corrected chi connectivity index (χ4v) is 11.9. The molecule has 1 heterocycles. The second-order valence-electron chi connectivity index (χ2n) is 18.8. The number of primary amides is 3. The molecule has 4 rings (SSSR count). The van der Waals surface area contributed by atoms with E-state index in [1.165, 1.54) is 30.0 Å². The van der Waals surface area contributed by atoms with Crippen molar-refractivity contribution in [3.05, 3.63) is 65.7 Å². The zero-order chi connectivity index (χ0) is 56.7. The van der Waals surface area contributed by atoms with Gasteiger partial charge in [-0.15, -0.1) is 0 Å². The molecule has 1 spiro atoms. The van der Waals surface area contributed by atoms with Crippen LogP contribution in [0.4, 0.5) is 0 Å². The molecule has 1 saturated carbocycles. The maximum absolute atomic E-state index is 14.5. The molecule has 11 amide bonds. The van der Waals surface area contributed by atoms with Gasteiger partial charge in [-0.1, -0.05) is 83.3 Å². The first-order chi connectivity index (χ1) is 36.5. The molecule has 2 aromatic rings. The third-order valence-electron chi connectivity index (χ3n) is 12.4. The number of guanidine groups is 1. The monoisotopic (exact) mass is 1110 g/mol. The Morgan fingerprint density at radius 2 is 1.32 bits per heavy atom. The molecule has 0 bridgehead atoms. The molecule has 0 unspecified atom stereocenters. The molecule has 77 heavy (non-hydrogen) atoms. The molecule has 420 valence electrons. The van der Waals surface area contributed by atoms with E-state index in [0.717, 1.165) is 35.0 Å². The van der Waals surface area contributed by atoms with Crippen molar-refractivity contribution in [2.45, 2.75) is 124 Å². The van der Waals surface area contributed by atoms with Crippen molar-refractivity contribution >= 4 is 92.5 Å². The molecule has 2 fully saturated rings. The van der Waals surface area contributed by atoms with Gasteiger partial charge in [-0.05, 0) is 55.4 Å². The van der Waals surface area contributed by atoms with E-state index in [9.17, 15) is 57.8 Å². The van der Waals surface area contributed by atoms with Crippen LogP contribution < -0.4 is 65.9 Å². The van der Waals surface area contributed by atoms with E-state index in [0.29, 0.717) is 24.0 Å². The molecule has 0 radical (unpaired) electrons. The molecular weight excluding hydrogens is 1040 g/mol. The average molecular weight is 1110 g/mol. The van der Waals surface area contributed by atoms with Gasteiger partial charge < -0.3 is 75.9 Å². The summed E-state index contributed by atoms with van der Waals surface area (Å²) in [6.07, 6.45) is 1.64. The van der Waals surface area contributed by atoms with E-state index < -0.39 is 138 Å². The molecule has 1 aliphatic carbocycles. The largest absolute Gasteiger partial charge is 0.508 e. The summed E-state index contributed by atoms with van der Waals surface area (Å²) in [5.74, 6) is -10.0. The topological polar surface area (TPSA) is 438 Å². The Balaban J connectivity index is 1.75. The second-order valence-corrected chi connectivity index (χ2v) is 21.6. The Labute approximate surface area is 452 Å². The molecule has 1 saturated heterocycles. The molecule has 26 nitrogen and oxygen atoms in total. The van der Waals surface area contributed by atoms with Gasteiger partial charge in [0.05, 0.1) is 19.5 Å². The summed E-state index contributed by atoms with van der Waals surface area (Å²) in [5, 5.41) is 28.0. The maximum atomic E-state index is 14.5. The number of phenols is 1. The quantitative estimate of drug-likeness (QED) is 0.0269. The molecule has 2 aromatic carbocycles. The van der Waals surface area contributed by atoms with Crippen LogP contribution in [0.1, 0.15) is 81.8 Å². The van der Waals surface area contributed by atoms with Gasteiger partial charge in [0.25, 0.3) is 0 Å². The molecule has 2 aliphatic rings. The molecule has 1 aliphatic heterocycles. The number of phenolic OH excluding ortho intramolecular Hbond substituents is 1. The van der Waals surface area contributed by atoms with Crippen molar-refractivity contribution in [1.29, 1.82) is 0 Å². The van der Waals surface area contributed by atoms with Crippen molar-refractivity contribution < 1.29 is 57.8 Å². The van der Waals surface area contributed by atoms with Gasteiger partial charge in [0.2, 0.25) is 65.0 Å². The molecular formula is C49H70N14O12S2. The van der Waals surface area contributed by atoms with Gasteiger partial charge in [0.15, 0.2) is 5.96 Å². The van der Waals surface area contributed by atoms with E-state index in [1.807, 2.05) is 0 Å². The standard InChI is InChI=1S/C49H70N14O12S2/c1-63(26-41(69)57-31(11-8-20-55-48(53)54)42(70)56-25-39(52)67)47(75)36-27-76-77-49(18-6-3-7-19-49)24-40(68)58-33(22-29-12-14-30(64)15-13-29)44(72)60-34(21-28-9-4-2-5-10-28)45(73)59-32(16-17-37(50)65)43(71)61-35(23-38(51)66)46(74)62-36/h2,4-5,9-10,12-15,31-36,64H,3,6-8,11,16-27H2,1H3,(H2,50,65)(H2,51,66)(H2,52,67)(H,56,70)(H,57,69)(H,58,68)(H,59,73)(H,60,72)(H,61,71)(H,62,74)(H4,53,54,55)/t31-,32-,33+,34-,35-,36-/m0/s1. The van der Waals surface area contributed by atoms with Gasteiger partial charge in [-0.3, -0.25) is 57.7 Å². The van der Waals surface area contributed by atoms with Gasteiger partial charge in [0.1, 0.15) is 42.0 Å². The minimum Gasteiger partial charge on any atom is -0.508 e. The fraction of sp³-hybridized carbons (Fsp3) is 0.510. The van der Waals surface area contributed by atoms with E-state index in [1.54, 1.807) is 42.5 Å². The number of hydrogen-bond donors (Lipinski definition) is 13. The van der Waals surface area contributed by atoms with Crippen molar-refractivity contribution in [1.82, 2.24) is 42.1 Å². The van der Waals surface area contributed by atoms with E-state index >= 15 is 0 Å². The lowest BCUT2D eigenvalue weighted by Gasteiger charge is -2.36. The van der Waals surface area contributed by atoms with Crippen LogP contribution in [-0.4, -0.2) is 154 Å². The number of rotatable bonds is 20. The number of nitrogens with two attached hydrogens (primary N) is 5. The number of amides is 11. The first kappa shape index (κ1) is 61.9. The minimum atomic E-state index is -1.78. The first-order valence-electron chi connectivity index (χ1n) is 24.9. The molecule has 6 atom stereocenters. The summed E-state index contributed by atoms with van der Waals surface area (Å²) in [4.78, 5) is 154. The van der Waals surface area contributed by atoms with Crippen LogP contribution in [0.25, 0.3) is 0 Å². The number of carbonyl (C=O) groups excluding carboxylic acids is 11. The number of hydrogen-bond acceptors (Lipinski definition) is 15. The Morgan fingerprint density at radius 3 is 1.94 bits per heavy atom. The fourth-order valence-electron chi connectivity index (χ4n) is 8.49. The van der Waals surface area contributed by atoms with Crippen molar-refractivity contribution in [3.8, 4) is 5.75 Å². The number of nitrogens with one attached hydrogen (secondary N) is 7. The Kier molecular flexibility index (Phi) is 24.8. The summed E-state index contributed by atoms with van der Waals surface area (Å²) >= 11 is 0. The SMILES string of the molecule is CN(CC(=O)N[C@@H](CCCN=C(N)N)C(=O)NCC(N)=O)C(=O)[C@@H]1CSSC2(CCCCC2)CC(=O)N[C@H](Cc2ccc(O)cc2)C(=O)N[C@@H](Cc2ccccc2)C(=O)N[C@@H](CCC(N)=O)C(=O)N[C@@H](CC(N)=O)C(=O)N1. The highest BCUT2D eigenvalue weighted by Crippen LogP contribution is 2.48. The van der Waals surface area contributed by atoms with E-state index in [4.69, 9.17) is 28.7 Å². The van der Waals surface area contributed by atoms with Crippen LogP contribution in [0.15, 0.2) is 59.6 Å². The van der Waals surface area contributed by atoms with Crippen LogP contribution in [0.2, 0.25) is 0 Å². The Morgan fingerprint density at radius 1 is 0.740 bits per heavy atom. The second kappa shape index (κ2) is 30.8. The number of aliphatic imine (C=N–C) groups is 1. The number of nitrogens with zero attached hydrogens (tertiary/aromatic N) is 2. The van der Waals surface area contributed by atoms with Crippen LogP contribution >= 0.6 is 21.6 Å². The van der Waals surface area contributed by atoms with Gasteiger partial charge in [0, 0.05) is 49.8 Å². The Bertz CT molecular complexity index is 2460. The highest BCUT2D eigenvalue weighted by Gasteiger charge is 2.39. The number of carbonyl (C=O) groups is 11. The highest BCUT2D eigenvalue weighted by molar-refractivity contribution is 8.77. The summed E-state index contributed by atoms with van der Waals surface area (Å²) in [6.45, 7) is -1.12. The van der Waals surface area contributed by atoms with Gasteiger partial charge >= 0.3 is 0 Å². The number of benzene rings is 2. The third-order valence-corrected chi connectivity index (χ3v) is 15.7. The number of likely N-dealkylation sites (N-methyl/N-ethyl adjacent to an activating group) is 1. The maximum Gasteiger partial charge on any atom is 0.246 e. The summed E-state index contributed by atoms with van der Waals surface area (Å²) in [6, 6.07) is 5.73. The smallest absolute Gasteiger partial charge is 0.246 e. The predicted molar refractivity (Wildman–Crippen MR) is 286 cm³/mol. The molecule has 28 heteroatoms. The lowest BCUT2D eigenvalue weighted by molar-refractivity contribution is -0.139. The minimum absolute atomic E-state index is 0.00231.